The van der Waals surface area contributed by atoms with E-state index >= 15 is 0 Å². The van der Waals surface area contributed by atoms with Crippen molar-refractivity contribution in [3.05, 3.63) is 35.9 Å². The second-order valence-electron chi connectivity index (χ2n) is 6.04. The van der Waals surface area contributed by atoms with Gasteiger partial charge in [-0.05, 0) is 50.0 Å². The molecule has 3 rings (SSSR count). The minimum atomic E-state index is 0.613. The highest BCUT2D eigenvalue weighted by Gasteiger charge is 2.39. The summed E-state index contributed by atoms with van der Waals surface area (Å²) >= 11 is 0. The molecule has 0 aliphatic heterocycles. The summed E-state index contributed by atoms with van der Waals surface area (Å²) in [6.45, 7) is 2.33. The van der Waals surface area contributed by atoms with E-state index in [1.54, 1.807) is 0 Å². The number of rotatable bonds is 4. The van der Waals surface area contributed by atoms with Gasteiger partial charge in [-0.25, -0.2) is 0 Å². The zero-order valence-electron chi connectivity index (χ0n) is 10.7. The molecule has 0 amide bonds. The molecule has 4 atom stereocenters. The highest BCUT2D eigenvalue weighted by molar-refractivity contribution is 5.15. The summed E-state index contributed by atoms with van der Waals surface area (Å²) in [5.74, 6) is 2.03. The molecule has 92 valence electrons. The van der Waals surface area contributed by atoms with Crippen molar-refractivity contribution >= 4 is 0 Å². The average molecular weight is 229 g/mol. The predicted molar refractivity (Wildman–Crippen MR) is 72.0 cm³/mol. The first-order valence-corrected chi connectivity index (χ1v) is 7.11. The Kier molecular flexibility index (Phi) is 3.19. The van der Waals surface area contributed by atoms with Gasteiger partial charge in [-0.1, -0.05) is 36.8 Å². The van der Waals surface area contributed by atoms with Gasteiger partial charge in [0.1, 0.15) is 0 Å². The molecule has 0 saturated heterocycles. The van der Waals surface area contributed by atoms with Gasteiger partial charge in [-0.3, -0.25) is 0 Å². The summed E-state index contributed by atoms with van der Waals surface area (Å²) in [5.41, 5.74) is 1.45. The van der Waals surface area contributed by atoms with Crippen molar-refractivity contribution in [3.8, 4) is 0 Å². The molecule has 1 aromatic rings. The van der Waals surface area contributed by atoms with Gasteiger partial charge in [0.15, 0.2) is 0 Å². The Bertz CT molecular complexity index is 359. The van der Waals surface area contributed by atoms with E-state index in [0.717, 1.165) is 24.3 Å². The third-order valence-electron chi connectivity index (χ3n) is 4.62. The van der Waals surface area contributed by atoms with Crippen LogP contribution in [0.5, 0.6) is 0 Å². The first-order valence-electron chi connectivity index (χ1n) is 7.11. The van der Waals surface area contributed by atoms with Gasteiger partial charge in [0.25, 0.3) is 0 Å². The van der Waals surface area contributed by atoms with Crippen molar-refractivity contribution in [3.63, 3.8) is 0 Å². The Labute approximate surface area is 105 Å². The number of nitrogens with one attached hydrogen (secondary N) is 1. The van der Waals surface area contributed by atoms with Gasteiger partial charge in [0, 0.05) is 12.1 Å². The molecule has 2 aliphatic rings. The molecular formula is C16H23N. The van der Waals surface area contributed by atoms with Crippen LogP contribution < -0.4 is 5.32 Å². The maximum Gasteiger partial charge on any atom is 0.0101 e. The standard InChI is InChI=1S/C16H23N/c1-12(9-13-5-3-2-4-6-13)17-16-11-14-7-8-15(16)10-14/h2-6,12,14-17H,7-11H2,1H3/t12-,14-,15-,16-/m0/s1. The lowest BCUT2D eigenvalue weighted by molar-refractivity contribution is 0.323. The van der Waals surface area contributed by atoms with Crippen LogP contribution in [0.25, 0.3) is 0 Å². The lowest BCUT2D eigenvalue weighted by atomic mass is 9.94. The van der Waals surface area contributed by atoms with Gasteiger partial charge >= 0.3 is 0 Å². The van der Waals surface area contributed by atoms with E-state index in [9.17, 15) is 0 Å². The Morgan fingerprint density at radius 2 is 2.00 bits per heavy atom. The summed E-state index contributed by atoms with van der Waals surface area (Å²) in [4.78, 5) is 0. The lowest BCUT2D eigenvalue weighted by Gasteiger charge is -2.27. The third-order valence-corrected chi connectivity index (χ3v) is 4.62. The van der Waals surface area contributed by atoms with E-state index in [2.05, 4.69) is 42.6 Å². The van der Waals surface area contributed by atoms with Crippen LogP contribution in [0.3, 0.4) is 0 Å². The molecule has 1 aromatic carbocycles. The molecule has 2 fully saturated rings. The summed E-state index contributed by atoms with van der Waals surface area (Å²) < 4.78 is 0. The van der Waals surface area contributed by atoms with Crippen LogP contribution >= 0.6 is 0 Å². The number of benzene rings is 1. The fourth-order valence-electron chi connectivity index (χ4n) is 3.84. The number of hydrogen-bond donors (Lipinski definition) is 1. The van der Waals surface area contributed by atoms with Crippen molar-refractivity contribution in [2.24, 2.45) is 11.8 Å². The van der Waals surface area contributed by atoms with Crippen LogP contribution in [0.15, 0.2) is 30.3 Å². The Balaban J connectivity index is 1.52. The number of fused-ring (bicyclic) bond motifs is 2. The summed E-state index contributed by atoms with van der Waals surface area (Å²) in [6.07, 6.45) is 7.06. The Morgan fingerprint density at radius 1 is 1.18 bits per heavy atom. The SMILES string of the molecule is C[C@@H](Cc1ccccc1)N[C@H]1C[C@H]2CC[C@H]1C2. The second-order valence-corrected chi connectivity index (χ2v) is 6.04. The molecule has 1 N–H and O–H groups in total. The van der Waals surface area contributed by atoms with Crippen LogP contribution in [0.1, 0.15) is 38.2 Å². The van der Waals surface area contributed by atoms with E-state index in [1.165, 1.54) is 31.2 Å². The molecule has 17 heavy (non-hydrogen) atoms. The summed E-state index contributed by atoms with van der Waals surface area (Å²) in [6, 6.07) is 12.3. The van der Waals surface area contributed by atoms with Gasteiger partial charge in [-0.2, -0.15) is 0 Å². The van der Waals surface area contributed by atoms with Crippen LogP contribution in [-0.2, 0) is 6.42 Å². The molecule has 0 heterocycles. The molecule has 0 radical (unpaired) electrons. The van der Waals surface area contributed by atoms with Crippen molar-refractivity contribution in [2.45, 2.75) is 51.1 Å². The van der Waals surface area contributed by atoms with E-state index in [1.807, 2.05) is 0 Å². The van der Waals surface area contributed by atoms with Gasteiger partial charge in [0.2, 0.25) is 0 Å². The first-order chi connectivity index (χ1) is 8.31. The molecule has 0 spiro atoms. The molecule has 2 aliphatic carbocycles. The van der Waals surface area contributed by atoms with Crippen LogP contribution in [0.2, 0.25) is 0 Å². The third kappa shape index (κ3) is 2.55. The van der Waals surface area contributed by atoms with Crippen molar-refractivity contribution in [1.29, 1.82) is 0 Å². The largest absolute Gasteiger partial charge is 0.311 e. The highest BCUT2D eigenvalue weighted by atomic mass is 15.0. The maximum absolute atomic E-state index is 3.86. The minimum Gasteiger partial charge on any atom is -0.311 e. The summed E-state index contributed by atoms with van der Waals surface area (Å²) in [7, 11) is 0. The molecule has 2 bridgehead atoms. The van der Waals surface area contributed by atoms with Crippen LogP contribution in [0.4, 0.5) is 0 Å². The van der Waals surface area contributed by atoms with Gasteiger partial charge in [0.05, 0.1) is 0 Å². The maximum atomic E-state index is 3.86. The fraction of sp³-hybridized carbons (Fsp3) is 0.625. The van der Waals surface area contributed by atoms with E-state index in [4.69, 9.17) is 0 Å². The zero-order chi connectivity index (χ0) is 11.7. The van der Waals surface area contributed by atoms with E-state index < -0.39 is 0 Å². The molecule has 0 aromatic heterocycles. The molecule has 2 saturated carbocycles. The minimum absolute atomic E-state index is 0.613. The van der Waals surface area contributed by atoms with Crippen molar-refractivity contribution < 1.29 is 0 Å². The van der Waals surface area contributed by atoms with Crippen molar-refractivity contribution in [1.82, 2.24) is 5.32 Å². The number of hydrogen-bond acceptors (Lipinski definition) is 1. The van der Waals surface area contributed by atoms with Crippen molar-refractivity contribution in [2.75, 3.05) is 0 Å². The average Bonchev–Trinajstić information content (AvgIpc) is 2.92. The highest BCUT2D eigenvalue weighted by Crippen LogP contribution is 2.44. The molecular weight excluding hydrogens is 206 g/mol. The molecule has 1 heteroatoms. The monoisotopic (exact) mass is 229 g/mol. The second kappa shape index (κ2) is 4.81. The quantitative estimate of drug-likeness (QED) is 0.834. The zero-order valence-corrected chi connectivity index (χ0v) is 10.7. The summed E-state index contributed by atoms with van der Waals surface area (Å²) in [5, 5.41) is 3.86. The molecule has 0 unspecified atom stereocenters. The van der Waals surface area contributed by atoms with Gasteiger partial charge < -0.3 is 5.32 Å². The van der Waals surface area contributed by atoms with E-state index in [-0.39, 0.29) is 0 Å². The van der Waals surface area contributed by atoms with Crippen LogP contribution in [0, 0.1) is 11.8 Å². The fourth-order valence-corrected chi connectivity index (χ4v) is 3.84. The first kappa shape index (κ1) is 11.3. The topological polar surface area (TPSA) is 12.0 Å². The Hall–Kier alpha value is -0.820. The molecule has 1 nitrogen and oxygen atoms in total. The normalized spacial score (nSPS) is 32.9. The van der Waals surface area contributed by atoms with Crippen LogP contribution in [-0.4, -0.2) is 12.1 Å². The Morgan fingerprint density at radius 3 is 2.65 bits per heavy atom. The van der Waals surface area contributed by atoms with E-state index in [0.29, 0.717) is 6.04 Å². The lowest BCUT2D eigenvalue weighted by Crippen LogP contribution is -2.40. The van der Waals surface area contributed by atoms with Gasteiger partial charge in [-0.15, -0.1) is 0 Å². The smallest absolute Gasteiger partial charge is 0.0101 e. The predicted octanol–water partition coefficient (Wildman–Crippen LogP) is 3.40.